The number of nitrogens with one attached hydrogen (secondary N) is 1. The number of nitrogens with two attached hydrogens (primary N) is 1. The molecule has 3 N–H and O–H groups in total. The summed E-state index contributed by atoms with van der Waals surface area (Å²) >= 11 is 0. The molecule has 18 heavy (non-hydrogen) atoms. The highest BCUT2D eigenvalue weighted by molar-refractivity contribution is 5.92. The van der Waals surface area contributed by atoms with Crippen molar-refractivity contribution >= 4 is 11.7 Å². The molecule has 2 aromatic rings. The first-order valence-electron chi connectivity index (χ1n) is 5.83. The molecule has 6 nitrogen and oxygen atoms in total. The zero-order valence-corrected chi connectivity index (χ0v) is 10.6. The van der Waals surface area contributed by atoms with Gasteiger partial charge in [0.2, 0.25) is 0 Å². The zero-order valence-electron chi connectivity index (χ0n) is 10.6. The Morgan fingerprint density at radius 1 is 1.56 bits per heavy atom. The second kappa shape index (κ2) is 4.95. The van der Waals surface area contributed by atoms with Crippen molar-refractivity contribution in [2.75, 3.05) is 5.73 Å². The third-order valence-corrected chi connectivity index (χ3v) is 2.91. The third-order valence-electron chi connectivity index (χ3n) is 2.91. The molecule has 2 aromatic heterocycles. The molecule has 0 bridgehead atoms. The number of hydrogen-bond acceptors (Lipinski definition) is 3. The quantitative estimate of drug-likeness (QED) is 0.837. The molecular weight excluding hydrogens is 230 g/mol. The molecule has 0 unspecified atom stereocenters. The summed E-state index contributed by atoms with van der Waals surface area (Å²) < 4.78 is 3.47. The largest absolute Gasteiger partial charge is 0.384 e. The van der Waals surface area contributed by atoms with Gasteiger partial charge in [-0.05, 0) is 19.1 Å². The van der Waals surface area contributed by atoms with Gasteiger partial charge in [0, 0.05) is 31.9 Å². The molecule has 6 heteroatoms. The number of aryl methyl sites for hydroxylation is 2. The molecule has 0 spiro atoms. The van der Waals surface area contributed by atoms with Gasteiger partial charge in [-0.1, -0.05) is 0 Å². The van der Waals surface area contributed by atoms with Crippen molar-refractivity contribution in [3.8, 4) is 0 Å². The van der Waals surface area contributed by atoms with Gasteiger partial charge in [-0.15, -0.1) is 0 Å². The monoisotopic (exact) mass is 247 g/mol. The van der Waals surface area contributed by atoms with Crippen LogP contribution >= 0.6 is 0 Å². The average molecular weight is 247 g/mol. The Labute approximate surface area is 105 Å². The van der Waals surface area contributed by atoms with Gasteiger partial charge in [0.1, 0.15) is 11.5 Å². The van der Waals surface area contributed by atoms with E-state index in [4.69, 9.17) is 5.73 Å². The molecule has 0 saturated heterocycles. The molecule has 0 aliphatic rings. The topological polar surface area (TPSA) is 77.9 Å². The summed E-state index contributed by atoms with van der Waals surface area (Å²) in [5.74, 6) is 0.464. The zero-order chi connectivity index (χ0) is 13.1. The Kier molecular flexibility index (Phi) is 3.36. The number of rotatable bonds is 4. The maximum atomic E-state index is 12.0. The lowest BCUT2D eigenvalue weighted by molar-refractivity contribution is 0.0942. The van der Waals surface area contributed by atoms with Gasteiger partial charge in [-0.2, -0.15) is 5.10 Å². The van der Waals surface area contributed by atoms with Crippen molar-refractivity contribution in [1.82, 2.24) is 19.7 Å². The lowest BCUT2D eigenvalue weighted by Gasteiger charge is -2.07. The van der Waals surface area contributed by atoms with Gasteiger partial charge in [-0.25, -0.2) is 0 Å². The van der Waals surface area contributed by atoms with Crippen LogP contribution in [0.15, 0.2) is 24.5 Å². The smallest absolute Gasteiger partial charge is 0.268 e. The number of carbonyl (C=O) groups excluding carboxylic acids is 1. The first-order valence-corrected chi connectivity index (χ1v) is 5.83. The summed E-state index contributed by atoms with van der Waals surface area (Å²) in [4.78, 5) is 12.0. The van der Waals surface area contributed by atoms with Gasteiger partial charge in [0.25, 0.3) is 5.91 Å². The van der Waals surface area contributed by atoms with Crippen molar-refractivity contribution in [1.29, 1.82) is 0 Å². The standard InChI is InChI=1S/C12H17N5O/c1-3-17-6-4-5-10(17)12(18)14-7-9-8-15-16(2)11(9)13/h4-6,8H,3,7,13H2,1-2H3,(H,14,18). The molecule has 0 radical (unpaired) electrons. The molecular formula is C12H17N5O. The molecule has 0 atom stereocenters. The molecule has 2 rings (SSSR count). The van der Waals surface area contributed by atoms with Crippen LogP contribution < -0.4 is 11.1 Å². The van der Waals surface area contributed by atoms with E-state index in [1.54, 1.807) is 24.0 Å². The Hall–Kier alpha value is -2.24. The summed E-state index contributed by atoms with van der Waals surface area (Å²) in [6.07, 6.45) is 3.54. The van der Waals surface area contributed by atoms with E-state index in [-0.39, 0.29) is 5.91 Å². The van der Waals surface area contributed by atoms with Crippen LogP contribution in [0.4, 0.5) is 5.82 Å². The van der Waals surface area contributed by atoms with Gasteiger partial charge in [0.15, 0.2) is 0 Å². The van der Waals surface area contributed by atoms with Crippen LogP contribution in [0.3, 0.4) is 0 Å². The van der Waals surface area contributed by atoms with E-state index in [1.165, 1.54) is 0 Å². The van der Waals surface area contributed by atoms with Crippen LogP contribution in [0.1, 0.15) is 23.0 Å². The minimum atomic E-state index is -0.106. The number of aromatic nitrogens is 3. The number of hydrogen-bond donors (Lipinski definition) is 2. The molecule has 0 aromatic carbocycles. The SMILES string of the molecule is CCn1cccc1C(=O)NCc1cnn(C)c1N. The van der Waals surface area contributed by atoms with Crippen LogP contribution in [0.2, 0.25) is 0 Å². The fraction of sp³-hybridized carbons (Fsp3) is 0.333. The normalized spacial score (nSPS) is 10.6. The van der Waals surface area contributed by atoms with Crippen LogP contribution in [-0.2, 0) is 20.1 Å². The summed E-state index contributed by atoms with van der Waals surface area (Å²) in [5, 5.41) is 6.86. The minimum absolute atomic E-state index is 0.106. The van der Waals surface area contributed by atoms with Crippen LogP contribution in [0.25, 0.3) is 0 Å². The fourth-order valence-electron chi connectivity index (χ4n) is 1.79. The van der Waals surface area contributed by atoms with Crippen molar-refractivity contribution in [2.24, 2.45) is 7.05 Å². The number of amides is 1. The van der Waals surface area contributed by atoms with Crippen molar-refractivity contribution < 1.29 is 4.79 Å². The highest BCUT2D eigenvalue weighted by Crippen LogP contribution is 2.09. The van der Waals surface area contributed by atoms with Crippen LogP contribution in [0.5, 0.6) is 0 Å². The molecule has 0 aliphatic carbocycles. The van der Waals surface area contributed by atoms with Crippen LogP contribution in [0, 0.1) is 0 Å². The predicted octanol–water partition coefficient (Wildman–Crippen LogP) is 0.754. The van der Waals surface area contributed by atoms with Gasteiger partial charge in [0.05, 0.1) is 6.20 Å². The highest BCUT2D eigenvalue weighted by Gasteiger charge is 2.11. The maximum Gasteiger partial charge on any atom is 0.268 e. The van der Waals surface area contributed by atoms with Gasteiger partial charge >= 0.3 is 0 Å². The number of nitrogens with zero attached hydrogens (tertiary/aromatic N) is 3. The lowest BCUT2D eigenvalue weighted by Crippen LogP contribution is -2.25. The molecule has 1 amide bonds. The first-order chi connectivity index (χ1) is 8.63. The summed E-state index contributed by atoms with van der Waals surface area (Å²) in [6, 6.07) is 3.66. The highest BCUT2D eigenvalue weighted by atomic mass is 16.1. The van der Waals surface area contributed by atoms with E-state index in [0.29, 0.717) is 18.1 Å². The lowest BCUT2D eigenvalue weighted by atomic mass is 10.3. The number of anilines is 1. The van der Waals surface area contributed by atoms with E-state index >= 15 is 0 Å². The molecule has 2 heterocycles. The van der Waals surface area contributed by atoms with Crippen molar-refractivity contribution in [3.63, 3.8) is 0 Å². The Morgan fingerprint density at radius 2 is 2.33 bits per heavy atom. The van der Waals surface area contributed by atoms with E-state index in [9.17, 15) is 4.79 Å². The summed E-state index contributed by atoms with van der Waals surface area (Å²) in [5.41, 5.74) is 7.28. The summed E-state index contributed by atoms with van der Waals surface area (Å²) in [6.45, 7) is 3.15. The Bertz CT molecular complexity index is 555. The van der Waals surface area contributed by atoms with E-state index in [0.717, 1.165) is 12.1 Å². The van der Waals surface area contributed by atoms with Crippen molar-refractivity contribution in [3.05, 3.63) is 35.8 Å². The molecule has 96 valence electrons. The molecule has 0 fully saturated rings. The molecule has 0 aliphatic heterocycles. The van der Waals surface area contributed by atoms with E-state index in [1.807, 2.05) is 23.8 Å². The van der Waals surface area contributed by atoms with Crippen LogP contribution in [-0.4, -0.2) is 20.3 Å². The van der Waals surface area contributed by atoms with Gasteiger partial charge < -0.3 is 15.6 Å². The minimum Gasteiger partial charge on any atom is -0.384 e. The number of nitrogen functional groups attached to an aromatic ring is 1. The number of carbonyl (C=O) groups is 1. The Balaban J connectivity index is 2.03. The Morgan fingerprint density at radius 3 is 2.94 bits per heavy atom. The second-order valence-electron chi connectivity index (χ2n) is 4.04. The second-order valence-corrected chi connectivity index (χ2v) is 4.04. The van der Waals surface area contributed by atoms with E-state index < -0.39 is 0 Å². The van der Waals surface area contributed by atoms with Gasteiger partial charge in [-0.3, -0.25) is 9.48 Å². The predicted molar refractivity (Wildman–Crippen MR) is 68.9 cm³/mol. The third kappa shape index (κ3) is 2.22. The first kappa shape index (κ1) is 12.2. The molecule has 0 saturated carbocycles. The van der Waals surface area contributed by atoms with Crippen molar-refractivity contribution in [2.45, 2.75) is 20.0 Å². The summed E-state index contributed by atoms with van der Waals surface area (Å²) in [7, 11) is 1.77. The maximum absolute atomic E-state index is 12.0. The average Bonchev–Trinajstić information content (AvgIpc) is 2.96. The van der Waals surface area contributed by atoms with E-state index in [2.05, 4.69) is 10.4 Å². The fourth-order valence-corrected chi connectivity index (χ4v) is 1.79.